The Labute approximate surface area is 116 Å². The van der Waals surface area contributed by atoms with E-state index in [0.717, 1.165) is 11.2 Å². The van der Waals surface area contributed by atoms with Gasteiger partial charge in [0.05, 0.1) is 11.6 Å². The Morgan fingerprint density at radius 2 is 2.21 bits per heavy atom. The molecule has 0 aromatic carbocycles. The number of fused-ring (bicyclic) bond motifs is 1. The summed E-state index contributed by atoms with van der Waals surface area (Å²) in [5.41, 5.74) is 6.43. The van der Waals surface area contributed by atoms with E-state index in [4.69, 9.17) is 5.73 Å². The Kier molecular flexibility index (Phi) is 3.46. The molecule has 1 aliphatic rings. The molecule has 2 atom stereocenters. The minimum atomic E-state index is 0.274. The lowest BCUT2D eigenvalue weighted by atomic mass is 9.95. The van der Waals surface area contributed by atoms with Crippen LogP contribution in [0.3, 0.4) is 0 Å². The molecular formula is C12H18N6S. The van der Waals surface area contributed by atoms with Crippen LogP contribution in [0.15, 0.2) is 6.20 Å². The van der Waals surface area contributed by atoms with E-state index in [0.29, 0.717) is 16.9 Å². The maximum Gasteiger partial charge on any atom is 0.224 e. The summed E-state index contributed by atoms with van der Waals surface area (Å²) in [6.07, 6.45) is 8.93. The number of hydrogen-bond donors (Lipinski definition) is 3. The predicted octanol–water partition coefficient (Wildman–Crippen LogP) is 2.02. The second kappa shape index (κ2) is 5.24. The molecule has 1 fully saturated rings. The van der Waals surface area contributed by atoms with Crippen molar-refractivity contribution in [1.82, 2.24) is 20.2 Å². The van der Waals surface area contributed by atoms with Crippen LogP contribution in [0.25, 0.3) is 11.0 Å². The summed E-state index contributed by atoms with van der Waals surface area (Å²) in [5, 5.41) is 11.9. The van der Waals surface area contributed by atoms with Gasteiger partial charge in [-0.05, 0) is 19.1 Å². The standard InChI is InChI=1S/C12H18N6S/c1-19-9-5-3-2-4-8(9)15-10-7-6-14-18-11(7)17-12(13)16-10/h6,8-9H,2-5H2,1H3,(H4,13,14,15,16,17,18). The van der Waals surface area contributed by atoms with E-state index in [-0.39, 0.29) is 5.95 Å². The molecule has 4 N–H and O–H groups in total. The molecule has 2 aromatic rings. The van der Waals surface area contributed by atoms with Crippen molar-refractivity contribution in [2.75, 3.05) is 17.3 Å². The Morgan fingerprint density at radius 1 is 1.37 bits per heavy atom. The van der Waals surface area contributed by atoms with Crippen LogP contribution >= 0.6 is 11.8 Å². The first-order valence-electron chi connectivity index (χ1n) is 6.54. The fourth-order valence-corrected chi connectivity index (χ4v) is 3.62. The average Bonchev–Trinajstić information content (AvgIpc) is 2.87. The van der Waals surface area contributed by atoms with Gasteiger partial charge in [-0.15, -0.1) is 0 Å². The van der Waals surface area contributed by atoms with E-state index in [1.807, 2.05) is 11.8 Å². The van der Waals surface area contributed by atoms with Crippen molar-refractivity contribution in [3.8, 4) is 0 Å². The van der Waals surface area contributed by atoms with Gasteiger partial charge in [-0.2, -0.15) is 26.8 Å². The Balaban J connectivity index is 1.89. The lowest BCUT2D eigenvalue weighted by molar-refractivity contribution is 0.474. The van der Waals surface area contributed by atoms with Gasteiger partial charge in [0.25, 0.3) is 0 Å². The lowest BCUT2D eigenvalue weighted by Gasteiger charge is -2.31. The molecule has 0 amide bonds. The van der Waals surface area contributed by atoms with Gasteiger partial charge >= 0.3 is 0 Å². The minimum Gasteiger partial charge on any atom is -0.368 e. The van der Waals surface area contributed by atoms with Crippen LogP contribution in [-0.2, 0) is 0 Å². The Morgan fingerprint density at radius 3 is 3.05 bits per heavy atom. The summed E-state index contributed by atoms with van der Waals surface area (Å²) in [7, 11) is 0. The first kappa shape index (κ1) is 12.5. The molecule has 0 saturated heterocycles. The van der Waals surface area contributed by atoms with Gasteiger partial charge in [-0.25, -0.2) is 0 Å². The first-order valence-corrected chi connectivity index (χ1v) is 7.82. The van der Waals surface area contributed by atoms with Crippen LogP contribution < -0.4 is 11.1 Å². The number of nitrogens with zero attached hydrogens (tertiary/aromatic N) is 3. The fourth-order valence-electron chi connectivity index (χ4n) is 2.68. The first-order chi connectivity index (χ1) is 9.28. The highest BCUT2D eigenvalue weighted by Crippen LogP contribution is 2.30. The smallest absolute Gasteiger partial charge is 0.224 e. The molecule has 1 saturated carbocycles. The number of aromatic amines is 1. The molecule has 19 heavy (non-hydrogen) atoms. The second-order valence-electron chi connectivity index (χ2n) is 4.87. The molecule has 2 unspecified atom stereocenters. The van der Waals surface area contributed by atoms with Crippen LogP contribution in [0.4, 0.5) is 11.8 Å². The van der Waals surface area contributed by atoms with E-state index in [1.165, 1.54) is 25.7 Å². The number of anilines is 2. The second-order valence-corrected chi connectivity index (χ2v) is 5.95. The number of thioether (sulfide) groups is 1. The summed E-state index contributed by atoms with van der Waals surface area (Å²) in [6, 6.07) is 0.441. The van der Waals surface area contributed by atoms with E-state index < -0.39 is 0 Å². The highest BCUT2D eigenvalue weighted by molar-refractivity contribution is 7.99. The molecule has 6 nitrogen and oxygen atoms in total. The molecule has 1 aliphatic carbocycles. The van der Waals surface area contributed by atoms with Crippen molar-refractivity contribution >= 4 is 34.6 Å². The van der Waals surface area contributed by atoms with Crippen molar-refractivity contribution in [2.45, 2.75) is 37.0 Å². The molecule has 0 spiro atoms. The van der Waals surface area contributed by atoms with Crippen molar-refractivity contribution in [2.24, 2.45) is 0 Å². The predicted molar refractivity (Wildman–Crippen MR) is 79.3 cm³/mol. The zero-order valence-corrected chi connectivity index (χ0v) is 11.7. The van der Waals surface area contributed by atoms with Crippen molar-refractivity contribution in [3.63, 3.8) is 0 Å². The highest BCUT2D eigenvalue weighted by atomic mass is 32.2. The lowest BCUT2D eigenvalue weighted by Crippen LogP contribution is -2.34. The van der Waals surface area contributed by atoms with E-state index in [2.05, 4.69) is 31.7 Å². The maximum atomic E-state index is 5.74. The third-order valence-corrected chi connectivity index (χ3v) is 4.82. The number of nitrogens with one attached hydrogen (secondary N) is 2. The van der Waals surface area contributed by atoms with Gasteiger partial charge in [0, 0.05) is 11.3 Å². The Hall–Kier alpha value is -1.50. The fraction of sp³-hybridized carbons (Fsp3) is 0.583. The molecule has 0 bridgehead atoms. The monoisotopic (exact) mass is 278 g/mol. The van der Waals surface area contributed by atoms with Gasteiger partial charge in [-0.1, -0.05) is 12.8 Å². The van der Waals surface area contributed by atoms with Gasteiger partial charge in [0.2, 0.25) is 5.95 Å². The van der Waals surface area contributed by atoms with Crippen LogP contribution in [0.5, 0.6) is 0 Å². The number of aromatic nitrogens is 4. The van der Waals surface area contributed by atoms with Crippen LogP contribution in [0.2, 0.25) is 0 Å². The number of rotatable bonds is 3. The summed E-state index contributed by atoms with van der Waals surface area (Å²) >= 11 is 1.92. The summed E-state index contributed by atoms with van der Waals surface area (Å²) < 4.78 is 0. The Bertz CT molecular complexity index is 568. The molecule has 0 aliphatic heterocycles. The third-order valence-electron chi connectivity index (χ3n) is 3.65. The highest BCUT2D eigenvalue weighted by Gasteiger charge is 2.25. The molecule has 102 valence electrons. The molecule has 0 radical (unpaired) electrons. The SMILES string of the molecule is CSC1CCCCC1Nc1nc(N)nc2[nH]ncc12. The molecular weight excluding hydrogens is 260 g/mol. The van der Waals surface area contributed by atoms with Gasteiger partial charge in [0.15, 0.2) is 5.65 Å². The van der Waals surface area contributed by atoms with Gasteiger partial charge in [0.1, 0.15) is 5.82 Å². The molecule has 2 aromatic heterocycles. The summed E-state index contributed by atoms with van der Waals surface area (Å²) in [4.78, 5) is 8.45. The minimum absolute atomic E-state index is 0.274. The molecule has 2 heterocycles. The summed E-state index contributed by atoms with van der Waals surface area (Å²) in [5.74, 6) is 1.07. The normalized spacial score (nSPS) is 23.6. The molecule has 3 rings (SSSR count). The van der Waals surface area contributed by atoms with Crippen molar-refractivity contribution in [1.29, 1.82) is 0 Å². The maximum absolute atomic E-state index is 5.74. The largest absolute Gasteiger partial charge is 0.368 e. The van der Waals surface area contributed by atoms with Crippen LogP contribution in [0.1, 0.15) is 25.7 Å². The summed E-state index contributed by atoms with van der Waals surface area (Å²) in [6.45, 7) is 0. The number of nitrogen functional groups attached to an aromatic ring is 1. The van der Waals surface area contributed by atoms with E-state index in [9.17, 15) is 0 Å². The number of hydrogen-bond acceptors (Lipinski definition) is 6. The quantitative estimate of drug-likeness (QED) is 0.795. The van der Waals surface area contributed by atoms with Crippen LogP contribution in [-0.4, -0.2) is 37.7 Å². The van der Waals surface area contributed by atoms with Crippen molar-refractivity contribution < 1.29 is 0 Å². The van der Waals surface area contributed by atoms with Crippen LogP contribution in [0, 0.1) is 0 Å². The average molecular weight is 278 g/mol. The molecule has 7 heteroatoms. The van der Waals surface area contributed by atoms with E-state index in [1.54, 1.807) is 6.20 Å². The number of nitrogens with two attached hydrogens (primary N) is 1. The topological polar surface area (TPSA) is 92.5 Å². The zero-order chi connectivity index (χ0) is 13.2. The third kappa shape index (κ3) is 2.47. The number of H-pyrrole nitrogens is 1. The van der Waals surface area contributed by atoms with Crippen molar-refractivity contribution in [3.05, 3.63) is 6.20 Å². The van der Waals surface area contributed by atoms with Gasteiger partial charge < -0.3 is 11.1 Å². The van der Waals surface area contributed by atoms with E-state index >= 15 is 0 Å². The zero-order valence-electron chi connectivity index (χ0n) is 10.9. The van der Waals surface area contributed by atoms with Gasteiger partial charge in [-0.3, -0.25) is 5.10 Å².